The molecule has 0 bridgehead atoms. The van der Waals surface area contributed by atoms with Gasteiger partial charge >= 0.3 is 0 Å². The Kier molecular flexibility index (Phi) is 3.99. The number of halogens is 1. The summed E-state index contributed by atoms with van der Waals surface area (Å²) in [7, 11) is 0. The van der Waals surface area contributed by atoms with Gasteiger partial charge in [0.15, 0.2) is 0 Å². The topological polar surface area (TPSA) is 29.5 Å². The molecule has 0 saturated heterocycles. The number of hydrogen-bond donors (Lipinski definition) is 1. The van der Waals surface area contributed by atoms with Crippen LogP contribution >= 0.6 is 22.6 Å². The van der Waals surface area contributed by atoms with Crippen molar-refractivity contribution in [2.75, 3.05) is 0 Å². The maximum Gasteiger partial charge on any atom is 0.121 e. The molecule has 2 nitrogen and oxygen atoms in total. The van der Waals surface area contributed by atoms with E-state index in [0.29, 0.717) is 0 Å². The van der Waals surface area contributed by atoms with Gasteiger partial charge in [0, 0.05) is 3.57 Å². The van der Waals surface area contributed by atoms with E-state index in [2.05, 4.69) is 22.6 Å². The van der Waals surface area contributed by atoms with Gasteiger partial charge in [-0.05, 0) is 54.6 Å². The van der Waals surface area contributed by atoms with Crippen molar-refractivity contribution in [1.82, 2.24) is 0 Å². The molecule has 1 aromatic carbocycles. The summed E-state index contributed by atoms with van der Waals surface area (Å²) in [6.07, 6.45) is -0.615. The van der Waals surface area contributed by atoms with Crippen molar-refractivity contribution in [3.8, 4) is 5.75 Å². The second-order valence-corrected chi connectivity index (χ2v) is 4.27. The quantitative estimate of drug-likeness (QED) is 0.867. The van der Waals surface area contributed by atoms with Crippen molar-refractivity contribution in [2.24, 2.45) is 0 Å². The Bertz CT molecular complexity index is 273. The maximum atomic E-state index is 9.22. The van der Waals surface area contributed by atoms with Crippen LogP contribution in [-0.2, 0) is 0 Å². The Morgan fingerprint density at radius 3 is 2.62 bits per heavy atom. The average molecular weight is 292 g/mol. The molecule has 0 amide bonds. The lowest BCUT2D eigenvalue weighted by molar-refractivity contribution is 0.0604. The lowest BCUT2D eigenvalue weighted by Gasteiger charge is -2.17. The van der Waals surface area contributed by atoms with Gasteiger partial charge in [-0.1, -0.05) is 6.07 Å². The lowest BCUT2D eigenvalue weighted by atomic mass is 10.2. The lowest BCUT2D eigenvalue weighted by Crippen LogP contribution is -2.25. The van der Waals surface area contributed by atoms with Crippen molar-refractivity contribution in [3.63, 3.8) is 0 Å². The van der Waals surface area contributed by atoms with Crippen LogP contribution in [0, 0.1) is 3.57 Å². The zero-order chi connectivity index (χ0) is 9.84. The van der Waals surface area contributed by atoms with Crippen molar-refractivity contribution in [3.05, 3.63) is 27.8 Å². The summed E-state index contributed by atoms with van der Waals surface area (Å²) in [4.78, 5) is 0. The SMILES string of the molecule is CC(O)C(C)Oc1cccc(I)c1. The third kappa shape index (κ3) is 3.52. The van der Waals surface area contributed by atoms with Gasteiger partial charge in [-0.15, -0.1) is 0 Å². The molecule has 0 radical (unpaired) electrons. The van der Waals surface area contributed by atoms with E-state index >= 15 is 0 Å². The molecule has 1 N–H and O–H groups in total. The number of ether oxygens (including phenoxy) is 1. The van der Waals surface area contributed by atoms with Gasteiger partial charge in [-0.3, -0.25) is 0 Å². The van der Waals surface area contributed by atoms with Crippen LogP contribution in [0.5, 0.6) is 5.75 Å². The summed E-state index contributed by atoms with van der Waals surface area (Å²) in [5.74, 6) is 0.806. The van der Waals surface area contributed by atoms with Crippen LogP contribution in [0.2, 0.25) is 0 Å². The highest BCUT2D eigenvalue weighted by atomic mass is 127. The Hall–Kier alpha value is -0.290. The highest BCUT2D eigenvalue weighted by Gasteiger charge is 2.09. The molecule has 0 aliphatic heterocycles. The molecular weight excluding hydrogens is 279 g/mol. The van der Waals surface area contributed by atoms with E-state index in [1.54, 1.807) is 6.92 Å². The first kappa shape index (κ1) is 10.8. The summed E-state index contributed by atoms with van der Waals surface area (Å²) in [5, 5.41) is 9.22. The Labute approximate surface area is 92.1 Å². The van der Waals surface area contributed by atoms with Gasteiger partial charge in [0.2, 0.25) is 0 Å². The number of aliphatic hydroxyl groups excluding tert-OH is 1. The number of hydrogen-bond acceptors (Lipinski definition) is 2. The highest BCUT2D eigenvalue weighted by molar-refractivity contribution is 14.1. The van der Waals surface area contributed by atoms with E-state index in [9.17, 15) is 5.11 Å². The molecule has 0 aliphatic carbocycles. The Morgan fingerprint density at radius 1 is 1.38 bits per heavy atom. The predicted molar refractivity (Wildman–Crippen MR) is 60.9 cm³/mol. The summed E-state index contributed by atoms with van der Waals surface area (Å²) in [6.45, 7) is 3.57. The Morgan fingerprint density at radius 2 is 2.08 bits per heavy atom. The molecule has 0 fully saturated rings. The molecule has 2 atom stereocenters. The number of aliphatic hydroxyl groups is 1. The standard InChI is InChI=1S/C10H13IO2/c1-7(12)8(2)13-10-5-3-4-9(11)6-10/h3-8,12H,1-2H3. The van der Waals surface area contributed by atoms with E-state index in [1.807, 2.05) is 31.2 Å². The smallest absolute Gasteiger partial charge is 0.121 e. The van der Waals surface area contributed by atoms with E-state index in [1.165, 1.54) is 0 Å². The average Bonchev–Trinajstić information content (AvgIpc) is 2.04. The van der Waals surface area contributed by atoms with Gasteiger partial charge in [0.1, 0.15) is 11.9 Å². The second kappa shape index (κ2) is 4.81. The molecule has 13 heavy (non-hydrogen) atoms. The van der Waals surface area contributed by atoms with Crippen LogP contribution in [0.25, 0.3) is 0 Å². The fraction of sp³-hybridized carbons (Fsp3) is 0.400. The first-order valence-corrected chi connectivity index (χ1v) is 5.28. The zero-order valence-electron chi connectivity index (χ0n) is 7.70. The number of benzene rings is 1. The minimum atomic E-state index is -0.446. The first-order valence-electron chi connectivity index (χ1n) is 4.20. The molecule has 2 unspecified atom stereocenters. The molecular formula is C10H13IO2. The van der Waals surface area contributed by atoms with Gasteiger partial charge < -0.3 is 9.84 Å². The largest absolute Gasteiger partial charge is 0.488 e. The van der Waals surface area contributed by atoms with Crippen molar-refractivity contribution < 1.29 is 9.84 Å². The minimum Gasteiger partial charge on any atom is -0.488 e. The van der Waals surface area contributed by atoms with Crippen molar-refractivity contribution in [1.29, 1.82) is 0 Å². The molecule has 1 aromatic rings. The molecule has 0 aliphatic rings. The zero-order valence-corrected chi connectivity index (χ0v) is 9.86. The van der Waals surface area contributed by atoms with Crippen molar-refractivity contribution in [2.45, 2.75) is 26.1 Å². The molecule has 1 rings (SSSR count). The molecule has 3 heteroatoms. The van der Waals surface area contributed by atoms with E-state index in [0.717, 1.165) is 9.32 Å². The highest BCUT2D eigenvalue weighted by Crippen LogP contribution is 2.16. The Balaban J connectivity index is 2.64. The van der Waals surface area contributed by atoms with E-state index in [4.69, 9.17) is 4.74 Å². The summed E-state index contributed by atoms with van der Waals surface area (Å²) in [5.41, 5.74) is 0. The summed E-state index contributed by atoms with van der Waals surface area (Å²) >= 11 is 2.23. The van der Waals surface area contributed by atoms with Crippen LogP contribution in [0.4, 0.5) is 0 Å². The molecule has 0 heterocycles. The second-order valence-electron chi connectivity index (χ2n) is 3.02. The fourth-order valence-electron chi connectivity index (χ4n) is 0.853. The minimum absolute atomic E-state index is 0.168. The predicted octanol–water partition coefficient (Wildman–Crippen LogP) is 2.44. The van der Waals surface area contributed by atoms with Crippen LogP contribution in [-0.4, -0.2) is 17.3 Å². The van der Waals surface area contributed by atoms with Gasteiger partial charge in [0.25, 0.3) is 0 Å². The fourth-order valence-corrected chi connectivity index (χ4v) is 1.37. The van der Waals surface area contributed by atoms with Crippen LogP contribution < -0.4 is 4.74 Å². The van der Waals surface area contributed by atoms with Crippen LogP contribution in [0.3, 0.4) is 0 Å². The third-order valence-corrected chi connectivity index (χ3v) is 2.47. The summed E-state index contributed by atoms with van der Waals surface area (Å²) < 4.78 is 6.63. The molecule has 0 aromatic heterocycles. The van der Waals surface area contributed by atoms with Gasteiger partial charge in [-0.2, -0.15) is 0 Å². The summed E-state index contributed by atoms with van der Waals surface area (Å²) in [6, 6.07) is 7.77. The molecule has 0 spiro atoms. The number of rotatable bonds is 3. The first-order chi connectivity index (χ1) is 6.09. The normalized spacial score (nSPS) is 15.1. The van der Waals surface area contributed by atoms with E-state index < -0.39 is 6.10 Å². The van der Waals surface area contributed by atoms with Crippen molar-refractivity contribution >= 4 is 22.6 Å². The van der Waals surface area contributed by atoms with Gasteiger partial charge in [0.05, 0.1) is 6.10 Å². The molecule has 72 valence electrons. The maximum absolute atomic E-state index is 9.22. The third-order valence-electron chi connectivity index (χ3n) is 1.80. The molecule has 0 saturated carbocycles. The van der Waals surface area contributed by atoms with E-state index in [-0.39, 0.29) is 6.10 Å². The monoisotopic (exact) mass is 292 g/mol. The van der Waals surface area contributed by atoms with Crippen LogP contribution in [0.15, 0.2) is 24.3 Å². The van der Waals surface area contributed by atoms with Crippen LogP contribution in [0.1, 0.15) is 13.8 Å². The van der Waals surface area contributed by atoms with Gasteiger partial charge in [-0.25, -0.2) is 0 Å².